The lowest BCUT2D eigenvalue weighted by molar-refractivity contribution is -0.141. The fourth-order valence-electron chi connectivity index (χ4n) is 2.15. The number of carbonyl (C=O) groups is 3. The first-order valence-corrected chi connectivity index (χ1v) is 7.49. The zero-order valence-electron chi connectivity index (χ0n) is 11.7. The van der Waals surface area contributed by atoms with Gasteiger partial charge in [-0.05, 0) is 26.0 Å². The number of carbonyl (C=O) groups excluding carboxylic acids is 2. The van der Waals surface area contributed by atoms with Crippen molar-refractivity contribution in [2.24, 2.45) is 0 Å². The third kappa shape index (κ3) is 3.36. The summed E-state index contributed by atoms with van der Waals surface area (Å²) in [5.74, 6) is -0.740. The lowest BCUT2D eigenvalue weighted by Gasteiger charge is -2.25. The summed E-state index contributed by atoms with van der Waals surface area (Å²) in [4.78, 5) is 36.1. The number of benzene rings is 1. The second kappa shape index (κ2) is 6.17. The Morgan fingerprint density at radius 2 is 2.10 bits per heavy atom. The second-order valence-corrected chi connectivity index (χ2v) is 6.11. The van der Waals surface area contributed by atoms with Gasteiger partial charge in [-0.3, -0.25) is 9.69 Å². The minimum absolute atomic E-state index is 0.0976. The molecule has 1 aromatic carbocycles. The average Bonchev–Trinajstić information content (AvgIpc) is 2.81. The van der Waals surface area contributed by atoms with E-state index in [1.54, 1.807) is 31.2 Å². The molecule has 6 nitrogen and oxygen atoms in total. The molecule has 21 heavy (non-hydrogen) atoms. The summed E-state index contributed by atoms with van der Waals surface area (Å²) in [6.07, 6.45) is 0. The molecule has 1 fully saturated rings. The molecule has 0 spiro atoms. The van der Waals surface area contributed by atoms with Crippen LogP contribution in [0.3, 0.4) is 0 Å². The van der Waals surface area contributed by atoms with E-state index < -0.39 is 18.0 Å². The lowest BCUT2D eigenvalue weighted by atomic mass is 10.1. The quantitative estimate of drug-likeness (QED) is 0.836. The molecule has 7 heteroatoms. The van der Waals surface area contributed by atoms with Crippen molar-refractivity contribution in [1.29, 1.82) is 0 Å². The molecule has 1 saturated heterocycles. The van der Waals surface area contributed by atoms with E-state index in [4.69, 9.17) is 5.11 Å². The lowest BCUT2D eigenvalue weighted by Crippen LogP contribution is -2.46. The van der Waals surface area contributed by atoms with E-state index in [1.807, 2.05) is 0 Å². The smallest absolute Gasteiger partial charge is 0.327 e. The highest BCUT2D eigenvalue weighted by molar-refractivity contribution is 8.00. The highest BCUT2D eigenvalue weighted by atomic mass is 32.2. The van der Waals surface area contributed by atoms with Gasteiger partial charge in [-0.25, -0.2) is 9.59 Å². The third-order valence-electron chi connectivity index (χ3n) is 3.26. The molecule has 0 aromatic heterocycles. The first-order chi connectivity index (χ1) is 9.90. The van der Waals surface area contributed by atoms with Crippen LogP contribution in [0.15, 0.2) is 24.3 Å². The Kier molecular flexibility index (Phi) is 4.52. The standard InChI is InChI=1S/C14H16N2O4S/c1-8(17)10-4-3-5-11(6-10)15-14(20)16-9(2)21-7-12(16)13(18)19/h3-6,9,12H,7H2,1-2H3,(H,15,20)(H,18,19). The maximum atomic E-state index is 12.3. The molecule has 0 aliphatic carbocycles. The van der Waals surface area contributed by atoms with E-state index >= 15 is 0 Å². The number of thioether (sulfide) groups is 1. The number of nitrogens with one attached hydrogen (secondary N) is 1. The van der Waals surface area contributed by atoms with Gasteiger partial charge >= 0.3 is 12.0 Å². The predicted octanol–water partition coefficient (Wildman–Crippen LogP) is 2.27. The van der Waals surface area contributed by atoms with Gasteiger partial charge in [-0.15, -0.1) is 11.8 Å². The van der Waals surface area contributed by atoms with E-state index in [-0.39, 0.29) is 11.2 Å². The van der Waals surface area contributed by atoms with Crippen LogP contribution in [-0.2, 0) is 4.79 Å². The second-order valence-electron chi connectivity index (χ2n) is 4.76. The maximum Gasteiger partial charge on any atom is 0.327 e. The van der Waals surface area contributed by atoms with Gasteiger partial charge in [0.05, 0.1) is 5.37 Å². The Bertz CT molecular complexity index is 590. The van der Waals surface area contributed by atoms with Crippen molar-refractivity contribution >= 4 is 35.2 Å². The van der Waals surface area contributed by atoms with Crippen LogP contribution in [0.5, 0.6) is 0 Å². The van der Waals surface area contributed by atoms with Gasteiger partial charge in [0, 0.05) is 17.0 Å². The zero-order chi connectivity index (χ0) is 15.6. The van der Waals surface area contributed by atoms with Crippen LogP contribution >= 0.6 is 11.8 Å². The van der Waals surface area contributed by atoms with Gasteiger partial charge in [0.1, 0.15) is 6.04 Å². The molecule has 2 rings (SSSR count). The molecular formula is C14H16N2O4S. The van der Waals surface area contributed by atoms with E-state index in [9.17, 15) is 14.4 Å². The van der Waals surface area contributed by atoms with Gasteiger partial charge in [-0.1, -0.05) is 12.1 Å². The highest BCUT2D eigenvalue weighted by Gasteiger charge is 2.39. The molecular weight excluding hydrogens is 292 g/mol. The molecule has 2 N–H and O–H groups in total. The molecule has 112 valence electrons. The van der Waals surface area contributed by atoms with Crippen molar-refractivity contribution in [3.8, 4) is 0 Å². The van der Waals surface area contributed by atoms with Gasteiger partial charge in [0.15, 0.2) is 5.78 Å². The number of nitrogens with zero attached hydrogens (tertiary/aromatic N) is 1. The summed E-state index contributed by atoms with van der Waals surface area (Å²) in [6, 6.07) is 5.26. The molecule has 2 amide bonds. The van der Waals surface area contributed by atoms with Crippen molar-refractivity contribution < 1.29 is 19.5 Å². The molecule has 2 atom stereocenters. The van der Waals surface area contributed by atoms with Crippen LogP contribution in [0.1, 0.15) is 24.2 Å². The number of anilines is 1. The summed E-state index contributed by atoms with van der Waals surface area (Å²) in [5.41, 5.74) is 0.965. The van der Waals surface area contributed by atoms with E-state index in [0.717, 1.165) is 0 Å². The Hall–Kier alpha value is -2.02. The molecule has 1 heterocycles. The van der Waals surface area contributed by atoms with Crippen molar-refractivity contribution in [2.45, 2.75) is 25.3 Å². The SMILES string of the molecule is CC(=O)c1cccc(NC(=O)N2C(C)SCC2C(=O)O)c1. The summed E-state index contributed by atoms with van der Waals surface area (Å²) in [6.45, 7) is 3.24. The fourth-order valence-corrected chi connectivity index (χ4v) is 3.31. The highest BCUT2D eigenvalue weighted by Crippen LogP contribution is 2.29. The van der Waals surface area contributed by atoms with Crippen molar-refractivity contribution in [2.75, 3.05) is 11.1 Å². The van der Waals surface area contributed by atoms with Crippen LogP contribution in [0.2, 0.25) is 0 Å². The number of carboxylic acid groups (broad SMARTS) is 1. The molecule has 1 aliphatic heterocycles. The Balaban J connectivity index is 2.15. The number of urea groups is 1. The summed E-state index contributed by atoms with van der Waals surface area (Å²) >= 11 is 1.42. The Morgan fingerprint density at radius 3 is 2.71 bits per heavy atom. The maximum absolute atomic E-state index is 12.3. The number of amides is 2. The van der Waals surface area contributed by atoms with E-state index in [1.165, 1.54) is 23.6 Å². The monoisotopic (exact) mass is 308 g/mol. The number of carboxylic acids is 1. The first kappa shape index (κ1) is 15.4. The van der Waals surface area contributed by atoms with Crippen LogP contribution < -0.4 is 5.32 Å². The number of hydrogen-bond acceptors (Lipinski definition) is 4. The average molecular weight is 308 g/mol. The predicted molar refractivity (Wildman–Crippen MR) is 80.6 cm³/mol. The van der Waals surface area contributed by atoms with Crippen molar-refractivity contribution in [3.63, 3.8) is 0 Å². The Labute approximate surface area is 126 Å². The van der Waals surface area contributed by atoms with Gasteiger partial charge in [0.25, 0.3) is 0 Å². The molecule has 1 aromatic rings. The van der Waals surface area contributed by atoms with Gasteiger partial charge < -0.3 is 10.4 Å². The van der Waals surface area contributed by atoms with Crippen molar-refractivity contribution in [3.05, 3.63) is 29.8 Å². The van der Waals surface area contributed by atoms with Crippen LogP contribution in [0.4, 0.5) is 10.5 Å². The minimum atomic E-state index is -1.01. The number of ketones is 1. The van der Waals surface area contributed by atoms with Crippen molar-refractivity contribution in [1.82, 2.24) is 4.90 Å². The first-order valence-electron chi connectivity index (χ1n) is 6.45. The summed E-state index contributed by atoms with van der Waals surface area (Å²) < 4.78 is 0. The van der Waals surface area contributed by atoms with Crippen LogP contribution in [0, 0.1) is 0 Å². The van der Waals surface area contributed by atoms with Crippen LogP contribution in [-0.4, -0.2) is 45.0 Å². The molecule has 0 radical (unpaired) electrons. The number of aliphatic carboxylic acids is 1. The number of Topliss-reactive ketones (excluding diaryl/α,β-unsaturated/α-hetero) is 1. The van der Waals surface area contributed by atoms with Gasteiger partial charge in [-0.2, -0.15) is 0 Å². The molecule has 1 aliphatic rings. The summed E-state index contributed by atoms with van der Waals surface area (Å²) in [5, 5.41) is 11.6. The minimum Gasteiger partial charge on any atom is -0.480 e. The largest absolute Gasteiger partial charge is 0.480 e. The number of rotatable bonds is 3. The molecule has 0 saturated carbocycles. The number of hydrogen-bond donors (Lipinski definition) is 2. The molecule has 0 bridgehead atoms. The van der Waals surface area contributed by atoms with Gasteiger partial charge in [0.2, 0.25) is 0 Å². The van der Waals surface area contributed by atoms with Crippen LogP contribution in [0.25, 0.3) is 0 Å². The topological polar surface area (TPSA) is 86.7 Å². The van der Waals surface area contributed by atoms with E-state index in [0.29, 0.717) is 17.0 Å². The Morgan fingerprint density at radius 1 is 1.38 bits per heavy atom. The zero-order valence-corrected chi connectivity index (χ0v) is 12.5. The fraction of sp³-hybridized carbons (Fsp3) is 0.357. The third-order valence-corrected chi connectivity index (χ3v) is 4.48. The molecule has 2 unspecified atom stereocenters. The van der Waals surface area contributed by atoms with E-state index in [2.05, 4.69) is 5.32 Å². The normalized spacial score (nSPS) is 21.1. The summed E-state index contributed by atoms with van der Waals surface area (Å²) in [7, 11) is 0.